The van der Waals surface area contributed by atoms with Crippen LogP contribution in [0.1, 0.15) is 38.0 Å². The summed E-state index contributed by atoms with van der Waals surface area (Å²) in [6, 6.07) is 17.0. The van der Waals surface area contributed by atoms with Gasteiger partial charge in [-0.1, -0.05) is 47.5 Å². The van der Waals surface area contributed by atoms with Crippen molar-refractivity contribution in [1.29, 1.82) is 0 Å². The van der Waals surface area contributed by atoms with E-state index in [9.17, 15) is 9.59 Å². The Kier molecular flexibility index (Phi) is 6.77. The third-order valence-electron chi connectivity index (χ3n) is 5.73. The van der Waals surface area contributed by atoms with Gasteiger partial charge in [0.15, 0.2) is 0 Å². The summed E-state index contributed by atoms with van der Waals surface area (Å²) in [4.78, 5) is 31.4. The molecule has 3 aromatic rings. The second-order valence-corrected chi connectivity index (χ2v) is 9.37. The van der Waals surface area contributed by atoms with Crippen LogP contribution < -0.4 is 0 Å². The number of fused-ring (bicyclic) bond motifs is 1. The van der Waals surface area contributed by atoms with Crippen molar-refractivity contribution < 1.29 is 9.59 Å². The Morgan fingerprint density at radius 1 is 1.16 bits per heavy atom. The molecule has 6 heteroatoms. The van der Waals surface area contributed by atoms with Gasteiger partial charge in [-0.3, -0.25) is 9.59 Å². The Labute approximate surface area is 197 Å². The van der Waals surface area contributed by atoms with Gasteiger partial charge in [0.25, 0.3) is 5.91 Å². The predicted molar refractivity (Wildman–Crippen MR) is 130 cm³/mol. The van der Waals surface area contributed by atoms with Crippen LogP contribution in [0.2, 0.25) is 5.02 Å². The molecular formula is C26H25ClN2O2S. The highest BCUT2D eigenvalue weighted by Gasteiger charge is 2.33. The van der Waals surface area contributed by atoms with E-state index in [4.69, 9.17) is 11.6 Å². The van der Waals surface area contributed by atoms with Crippen LogP contribution in [0, 0.1) is 6.92 Å². The first kappa shape index (κ1) is 22.3. The van der Waals surface area contributed by atoms with Crippen molar-refractivity contribution in [3.63, 3.8) is 0 Å². The maximum atomic E-state index is 13.5. The number of hydrogen-bond donors (Lipinski definition) is 0. The molecular weight excluding hydrogens is 440 g/mol. The number of rotatable bonds is 6. The Balaban J connectivity index is 1.60. The van der Waals surface area contributed by atoms with Crippen LogP contribution >= 0.6 is 22.9 Å². The van der Waals surface area contributed by atoms with E-state index in [0.717, 1.165) is 12.0 Å². The van der Waals surface area contributed by atoms with Crippen molar-refractivity contribution in [2.45, 2.75) is 19.4 Å². The summed E-state index contributed by atoms with van der Waals surface area (Å²) < 4.78 is 0. The molecule has 1 aliphatic heterocycles. The zero-order valence-corrected chi connectivity index (χ0v) is 19.5. The van der Waals surface area contributed by atoms with Gasteiger partial charge in [0, 0.05) is 28.6 Å². The molecule has 0 N–H and O–H groups in total. The van der Waals surface area contributed by atoms with Gasteiger partial charge in [0.2, 0.25) is 5.91 Å². The van der Waals surface area contributed by atoms with E-state index < -0.39 is 0 Å². The van der Waals surface area contributed by atoms with Gasteiger partial charge >= 0.3 is 0 Å². The maximum absolute atomic E-state index is 13.5. The number of nitrogens with zero attached hydrogens (tertiary/aromatic N) is 2. The fourth-order valence-corrected chi connectivity index (χ4v) is 5.13. The van der Waals surface area contributed by atoms with Crippen molar-refractivity contribution in [3.05, 3.63) is 105 Å². The summed E-state index contributed by atoms with van der Waals surface area (Å²) in [5.74, 6) is -0.286. The molecule has 2 heterocycles. The minimum atomic E-state index is -0.213. The number of benzene rings is 2. The van der Waals surface area contributed by atoms with Crippen molar-refractivity contribution in [2.75, 3.05) is 19.6 Å². The van der Waals surface area contributed by atoms with E-state index in [1.54, 1.807) is 41.7 Å². The Morgan fingerprint density at radius 3 is 2.56 bits per heavy atom. The van der Waals surface area contributed by atoms with Crippen LogP contribution in [0.5, 0.6) is 0 Å². The highest BCUT2D eigenvalue weighted by molar-refractivity contribution is 7.10. The summed E-state index contributed by atoms with van der Waals surface area (Å²) in [5.41, 5.74) is 3.94. The van der Waals surface area contributed by atoms with E-state index in [-0.39, 0.29) is 24.4 Å². The molecule has 4 nitrogen and oxygen atoms in total. The van der Waals surface area contributed by atoms with Gasteiger partial charge in [-0.25, -0.2) is 0 Å². The van der Waals surface area contributed by atoms with Crippen LogP contribution in [-0.2, 0) is 11.2 Å². The minimum absolute atomic E-state index is 0.00465. The van der Waals surface area contributed by atoms with Gasteiger partial charge < -0.3 is 9.80 Å². The number of hydrogen-bond acceptors (Lipinski definition) is 3. The third kappa shape index (κ3) is 4.64. The highest BCUT2D eigenvalue weighted by atomic mass is 35.5. The van der Waals surface area contributed by atoms with Crippen molar-refractivity contribution in [3.8, 4) is 0 Å². The standard InChI is InChI=1S/C26H25ClN2O2S/c1-3-14-28(26(31)20-8-10-21(27)11-9-20)17-24(30)29-15-12-23-22(13-16-32-23)25(29)19-6-4-18(2)5-7-19/h3-11,13,16,25H,1,12,14-15,17H2,2H3. The van der Waals surface area contributed by atoms with E-state index >= 15 is 0 Å². The van der Waals surface area contributed by atoms with E-state index in [1.807, 2.05) is 4.90 Å². The molecule has 0 saturated carbocycles. The number of halogens is 1. The second kappa shape index (κ2) is 9.72. The van der Waals surface area contributed by atoms with Crippen molar-refractivity contribution in [2.24, 2.45) is 0 Å². The number of carbonyl (C=O) groups is 2. The summed E-state index contributed by atoms with van der Waals surface area (Å²) in [7, 11) is 0. The molecule has 1 aromatic heterocycles. The third-order valence-corrected chi connectivity index (χ3v) is 6.98. The number of aryl methyl sites for hydroxylation is 1. The molecule has 164 valence electrons. The summed E-state index contributed by atoms with van der Waals surface area (Å²) in [5, 5.41) is 2.65. The molecule has 0 spiro atoms. The van der Waals surface area contributed by atoms with E-state index in [0.29, 0.717) is 23.7 Å². The van der Waals surface area contributed by atoms with E-state index in [1.165, 1.54) is 20.9 Å². The molecule has 1 atom stereocenters. The monoisotopic (exact) mass is 464 g/mol. The van der Waals surface area contributed by atoms with Gasteiger partial charge in [-0.2, -0.15) is 0 Å². The lowest BCUT2D eigenvalue weighted by atomic mass is 9.92. The van der Waals surface area contributed by atoms with Gasteiger partial charge in [0.05, 0.1) is 6.04 Å². The smallest absolute Gasteiger partial charge is 0.254 e. The summed E-state index contributed by atoms with van der Waals surface area (Å²) in [6.07, 6.45) is 2.47. The number of thiophene rings is 1. The topological polar surface area (TPSA) is 40.6 Å². The van der Waals surface area contributed by atoms with Crippen LogP contribution in [0.15, 0.2) is 72.6 Å². The zero-order chi connectivity index (χ0) is 22.7. The molecule has 0 fully saturated rings. The zero-order valence-electron chi connectivity index (χ0n) is 18.0. The lowest BCUT2D eigenvalue weighted by Crippen LogP contribution is -2.46. The molecule has 1 unspecified atom stereocenters. The first-order valence-electron chi connectivity index (χ1n) is 10.6. The van der Waals surface area contributed by atoms with Crippen molar-refractivity contribution >= 4 is 34.8 Å². The lowest BCUT2D eigenvalue weighted by molar-refractivity contribution is -0.133. The largest absolute Gasteiger partial charge is 0.330 e. The number of carbonyl (C=O) groups excluding carboxylic acids is 2. The molecule has 4 rings (SSSR count). The molecule has 32 heavy (non-hydrogen) atoms. The highest BCUT2D eigenvalue weighted by Crippen LogP contribution is 2.38. The van der Waals surface area contributed by atoms with Gasteiger partial charge in [-0.05, 0) is 60.2 Å². The quantitative estimate of drug-likeness (QED) is 0.451. The minimum Gasteiger partial charge on any atom is -0.330 e. The maximum Gasteiger partial charge on any atom is 0.254 e. The molecule has 2 aromatic carbocycles. The molecule has 0 bridgehead atoms. The van der Waals surface area contributed by atoms with Crippen LogP contribution in [0.25, 0.3) is 0 Å². The van der Waals surface area contributed by atoms with Crippen LogP contribution in [-0.4, -0.2) is 41.2 Å². The molecule has 1 aliphatic rings. The Morgan fingerprint density at radius 2 is 1.88 bits per heavy atom. The molecule has 0 aliphatic carbocycles. The first-order valence-corrected chi connectivity index (χ1v) is 11.8. The summed E-state index contributed by atoms with van der Waals surface area (Å²) in [6.45, 7) is 6.73. The molecule has 0 saturated heterocycles. The normalized spacial score (nSPS) is 15.2. The first-order chi connectivity index (χ1) is 15.5. The average molecular weight is 465 g/mol. The molecule has 0 radical (unpaired) electrons. The predicted octanol–water partition coefficient (Wildman–Crippen LogP) is 5.51. The van der Waals surface area contributed by atoms with Gasteiger partial charge in [0.1, 0.15) is 6.54 Å². The fraction of sp³-hybridized carbons (Fsp3) is 0.231. The Bertz CT molecular complexity index is 1120. The number of amides is 2. The van der Waals surface area contributed by atoms with Crippen molar-refractivity contribution in [1.82, 2.24) is 9.80 Å². The SMILES string of the molecule is C=CCN(CC(=O)N1CCc2sccc2C1c1ccc(C)cc1)C(=O)c1ccc(Cl)cc1. The van der Waals surface area contributed by atoms with Crippen LogP contribution in [0.3, 0.4) is 0 Å². The fourth-order valence-electron chi connectivity index (χ4n) is 4.10. The Hall–Kier alpha value is -2.89. The average Bonchev–Trinajstić information content (AvgIpc) is 3.28. The summed E-state index contributed by atoms with van der Waals surface area (Å²) >= 11 is 7.70. The van der Waals surface area contributed by atoms with Gasteiger partial charge in [-0.15, -0.1) is 17.9 Å². The second-order valence-electron chi connectivity index (χ2n) is 7.93. The van der Waals surface area contributed by atoms with Crippen LogP contribution in [0.4, 0.5) is 0 Å². The molecule has 2 amide bonds. The lowest BCUT2D eigenvalue weighted by Gasteiger charge is -2.37. The van der Waals surface area contributed by atoms with E-state index in [2.05, 4.69) is 49.2 Å².